The van der Waals surface area contributed by atoms with Gasteiger partial charge in [0.15, 0.2) is 22.4 Å². The zero-order valence-corrected chi connectivity index (χ0v) is 18.5. The van der Waals surface area contributed by atoms with Crippen molar-refractivity contribution < 1.29 is 23.4 Å². The fourth-order valence-corrected chi connectivity index (χ4v) is 4.07. The van der Waals surface area contributed by atoms with Gasteiger partial charge in [0.25, 0.3) is 0 Å². The van der Waals surface area contributed by atoms with Crippen LogP contribution in [0, 0.1) is 0 Å². The maximum absolute atomic E-state index is 12.6. The van der Waals surface area contributed by atoms with E-state index in [2.05, 4.69) is 15.5 Å². The van der Waals surface area contributed by atoms with Crippen LogP contribution in [0.2, 0.25) is 0 Å². The number of carbonyl (C=O) groups is 1. The molecule has 0 saturated carbocycles. The van der Waals surface area contributed by atoms with E-state index in [1.165, 1.54) is 11.8 Å². The Kier molecular flexibility index (Phi) is 5.90. The number of furan rings is 1. The van der Waals surface area contributed by atoms with Gasteiger partial charge >= 0.3 is 0 Å². The van der Waals surface area contributed by atoms with Crippen molar-refractivity contribution in [1.29, 1.82) is 0 Å². The van der Waals surface area contributed by atoms with E-state index >= 15 is 0 Å². The number of benzene rings is 2. The molecule has 0 radical (unpaired) electrons. The van der Waals surface area contributed by atoms with Crippen LogP contribution in [0.3, 0.4) is 0 Å². The second kappa shape index (κ2) is 9.29. The van der Waals surface area contributed by atoms with Crippen molar-refractivity contribution in [1.82, 2.24) is 14.8 Å². The molecule has 1 aliphatic heterocycles. The van der Waals surface area contributed by atoms with Crippen molar-refractivity contribution in [2.45, 2.75) is 12.1 Å². The number of thioether (sulfide) groups is 1. The van der Waals surface area contributed by atoms with E-state index in [1.54, 1.807) is 30.5 Å². The van der Waals surface area contributed by atoms with Gasteiger partial charge in [0.2, 0.25) is 18.5 Å². The first-order valence-corrected chi connectivity index (χ1v) is 11.2. The number of amides is 1. The van der Waals surface area contributed by atoms with Crippen LogP contribution in [0.5, 0.6) is 17.2 Å². The summed E-state index contributed by atoms with van der Waals surface area (Å²) in [5.41, 5.74) is 1.46. The van der Waals surface area contributed by atoms with Crippen molar-refractivity contribution in [3.63, 3.8) is 0 Å². The van der Waals surface area contributed by atoms with E-state index in [4.69, 9.17) is 18.6 Å². The van der Waals surface area contributed by atoms with Gasteiger partial charge in [-0.1, -0.05) is 11.8 Å². The van der Waals surface area contributed by atoms with Crippen LogP contribution in [0.15, 0.2) is 70.4 Å². The second-order valence-corrected chi connectivity index (χ2v) is 7.89. The van der Waals surface area contributed by atoms with Crippen LogP contribution >= 0.6 is 11.8 Å². The van der Waals surface area contributed by atoms with Gasteiger partial charge in [-0.25, -0.2) is 0 Å². The lowest BCUT2D eigenvalue weighted by molar-refractivity contribution is -0.113. The number of rotatable bonds is 8. The number of ether oxygens (including phenoxy) is 3. The van der Waals surface area contributed by atoms with Crippen molar-refractivity contribution in [2.75, 3.05) is 24.5 Å². The van der Waals surface area contributed by atoms with Crippen molar-refractivity contribution in [3.05, 3.63) is 60.9 Å². The van der Waals surface area contributed by atoms with Crippen LogP contribution in [0.1, 0.15) is 6.92 Å². The molecule has 168 valence electrons. The van der Waals surface area contributed by atoms with E-state index in [9.17, 15) is 4.79 Å². The number of hydrogen-bond donors (Lipinski definition) is 1. The second-order valence-electron chi connectivity index (χ2n) is 6.95. The normalized spacial score (nSPS) is 12.0. The highest BCUT2D eigenvalue weighted by Gasteiger charge is 2.20. The van der Waals surface area contributed by atoms with Gasteiger partial charge in [0.1, 0.15) is 5.75 Å². The first kappa shape index (κ1) is 21.0. The molecule has 9 nitrogen and oxygen atoms in total. The van der Waals surface area contributed by atoms with E-state index < -0.39 is 0 Å². The third-order valence-corrected chi connectivity index (χ3v) is 5.70. The Morgan fingerprint density at radius 1 is 1.12 bits per heavy atom. The Bertz CT molecular complexity index is 1250. The molecule has 0 spiro atoms. The van der Waals surface area contributed by atoms with Crippen molar-refractivity contribution >= 4 is 23.4 Å². The zero-order valence-electron chi connectivity index (χ0n) is 17.7. The Hall–Kier alpha value is -3.92. The monoisotopic (exact) mass is 464 g/mol. The quantitative estimate of drug-likeness (QED) is 0.383. The van der Waals surface area contributed by atoms with Crippen LogP contribution in [0.4, 0.5) is 5.69 Å². The predicted molar refractivity (Wildman–Crippen MR) is 122 cm³/mol. The molecule has 2 aromatic heterocycles. The molecule has 33 heavy (non-hydrogen) atoms. The fourth-order valence-electron chi connectivity index (χ4n) is 3.32. The first-order valence-electron chi connectivity index (χ1n) is 10.3. The predicted octanol–water partition coefficient (Wildman–Crippen LogP) is 4.39. The summed E-state index contributed by atoms with van der Waals surface area (Å²) < 4.78 is 23.6. The first-order chi connectivity index (χ1) is 16.2. The van der Waals surface area contributed by atoms with Gasteiger partial charge in [0, 0.05) is 11.8 Å². The molecule has 4 aromatic rings. The van der Waals surface area contributed by atoms with Crippen LogP contribution in [-0.4, -0.2) is 39.8 Å². The Labute approximate surface area is 193 Å². The molecule has 5 rings (SSSR count). The molecule has 3 heterocycles. The third-order valence-electron chi connectivity index (χ3n) is 4.77. The standard InChI is InChI=1S/C23H20N4O5S/c1-2-29-17-8-6-16(7-9-17)27-22(19-4-3-11-30-19)25-26-23(27)33-13-21(28)24-15-5-10-18-20(12-15)32-14-31-18/h3-12H,2,13-14H2,1H3,(H,24,28). The summed E-state index contributed by atoms with van der Waals surface area (Å²) in [6.07, 6.45) is 1.58. The SMILES string of the molecule is CCOc1ccc(-n2c(SCC(=O)Nc3ccc4c(c3)OCO4)nnc2-c2ccco2)cc1. The Morgan fingerprint density at radius 3 is 2.76 bits per heavy atom. The number of nitrogens with one attached hydrogen (secondary N) is 1. The number of carbonyl (C=O) groups excluding carboxylic acids is 1. The molecule has 0 bridgehead atoms. The number of aromatic nitrogens is 3. The van der Waals surface area contributed by atoms with Gasteiger partial charge in [-0.2, -0.15) is 0 Å². The maximum Gasteiger partial charge on any atom is 0.234 e. The van der Waals surface area contributed by atoms with Crippen molar-refractivity contribution in [3.8, 4) is 34.5 Å². The molecule has 0 atom stereocenters. The van der Waals surface area contributed by atoms with Gasteiger partial charge < -0.3 is 23.9 Å². The highest BCUT2D eigenvalue weighted by molar-refractivity contribution is 7.99. The minimum absolute atomic E-state index is 0.141. The highest BCUT2D eigenvalue weighted by atomic mass is 32.2. The molecule has 1 N–H and O–H groups in total. The van der Waals surface area contributed by atoms with Gasteiger partial charge in [-0.3, -0.25) is 9.36 Å². The largest absolute Gasteiger partial charge is 0.494 e. The minimum Gasteiger partial charge on any atom is -0.494 e. The van der Waals surface area contributed by atoms with Gasteiger partial charge in [-0.15, -0.1) is 10.2 Å². The molecule has 1 amide bonds. The van der Waals surface area contributed by atoms with Gasteiger partial charge in [-0.05, 0) is 55.5 Å². The Morgan fingerprint density at radius 2 is 1.97 bits per heavy atom. The van der Waals surface area contributed by atoms with Gasteiger partial charge in [0.05, 0.1) is 24.3 Å². The number of fused-ring (bicyclic) bond motifs is 1. The smallest absolute Gasteiger partial charge is 0.234 e. The Balaban J connectivity index is 1.35. The molecule has 0 aliphatic carbocycles. The fraction of sp³-hybridized carbons (Fsp3) is 0.174. The van der Waals surface area contributed by atoms with E-state index in [1.807, 2.05) is 41.8 Å². The third kappa shape index (κ3) is 4.51. The summed E-state index contributed by atoms with van der Waals surface area (Å²) in [5, 5.41) is 12.0. The average molecular weight is 465 g/mol. The van der Waals surface area contributed by atoms with E-state index in [0.29, 0.717) is 40.5 Å². The van der Waals surface area contributed by atoms with Crippen molar-refractivity contribution in [2.24, 2.45) is 0 Å². The number of hydrogen-bond acceptors (Lipinski definition) is 8. The lowest BCUT2D eigenvalue weighted by atomic mass is 10.3. The molecule has 1 aliphatic rings. The summed E-state index contributed by atoms with van der Waals surface area (Å²) in [5.74, 6) is 3.12. The highest BCUT2D eigenvalue weighted by Crippen LogP contribution is 2.34. The summed E-state index contributed by atoms with van der Waals surface area (Å²) in [6, 6.07) is 16.5. The average Bonchev–Trinajstić information content (AvgIpc) is 3.58. The minimum atomic E-state index is -0.181. The number of anilines is 1. The van der Waals surface area contributed by atoms with E-state index in [0.717, 1.165) is 11.4 Å². The molecule has 2 aromatic carbocycles. The lowest BCUT2D eigenvalue weighted by Gasteiger charge is -2.11. The summed E-state index contributed by atoms with van der Waals surface area (Å²) >= 11 is 1.28. The van der Waals surface area contributed by atoms with E-state index in [-0.39, 0.29) is 18.5 Å². The maximum atomic E-state index is 12.6. The molecular formula is C23H20N4O5S. The molecule has 0 fully saturated rings. The number of nitrogens with zero attached hydrogens (tertiary/aromatic N) is 3. The summed E-state index contributed by atoms with van der Waals surface area (Å²) in [6.45, 7) is 2.71. The summed E-state index contributed by atoms with van der Waals surface area (Å²) in [7, 11) is 0. The van der Waals surface area contributed by atoms with Crippen LogP contribution in [-0.2, 0) is 4.79 Å². The zero-order chi connectivity index (χ0) is 22.6. The molecular weight excluding hydrogens is 444 g/mol. The van der Waals surface area contributed by atoms with Crippen LogP contribution in [0.25, 0.3) is 17.3 Å². The molecule has 10 heteroatoms. The molecule has 0 saturated heterocycles. The summed E-state index contributed by atoms with van der Waals surface area (Å²) in [4.78, 5) is 12.6. The topological polar surface area (TPSA) is 101 Å². The molecule has 0 unspecified atom stereocenters. The van der Waals surface area contributed by atoms with Crippen LogP contribution < -0.4 is 19.5 Å². The lowest BCUT2D eigenvalue weighted by Crippen LogP contribution is -2.14.